The zero-order chi connectivity index (χ0) is 15.5. The van der Waals surface area contributed by atoms with E-state index in [9.17, 15) is 9.59 Å². The van der Waals surface area contributed by atoms with Crippen molar-refractivity contribution >= 4 is 34.3 Å². The first-order valence-corrected chi connectivity index (χ1v) is 8.55. The average molecular weight is 314 g/mol. The fraction of sp³-hybridized carbons (Fsp3) is 0.412. The number of carbonyl (C=O) groups excluding carboxylic acids is 2. The number of aryl methyl sites for hydroxylation is 1. The fourth-order valence-corrected chi connectivity index (χ4v) is 3.50. The number of Topliss-reactive ketones (excluding diaryl/α,β-unsaturated/α-hetero) is 1. The number of ketones is 1. The third-order valence-electron chi connectivity index (χ3n) is 4.03. The SMILES string of the molecule is Cc1ccc(C(=O)CSC2=NC(=O)C3CCCCC3=N2)cc1. The van der Waals surface area contributed by atoms with E-state index in [0.717, 1.165) is 37.0 Å². The number of amidine groups is 1. The van der Waals surface area contributed by atoms with Gasteiger partial charge < -0.3 is 0 Å². The van der Waals surface area contributed by atoms with Gasteiger partial charge in [0.15, 0.2) is 11.0 Å². The monoisotopic (exact) mass is 314 g/mol. The van der Waals surface area contributed by atoms with Crippen LogP contribution in [0.15, 0.2) is 34.3 Å². The number of thioether (sulfide) groups is 1. The lowest BCUT2D eigenvalue weighted by Crippen LogP contribution is -2.30. The predicted octanol–water partition coefficient (Wildman–Crippen LogP) is 3.44. The maximum absolute atomic E-state index is 12.2. The van der Waals surface area contributed by atoms with Crippen molar-refractivity contribution in [3.63, 3.8) is 0 Å². The molecule has 1 aromatic carbocycles. The summed E-state index contributed by atoms with van der Waals surface area (Å²) >= 11 is 1.26. The highest BCUT2D eigenvalue weighted by Gasteiger charge is 2.30. The summed E-state index contributed by atoms with van der Waals surface area (Å²) in [5.41, 5.74) is 2.77. The van der Waals surface area contributed by atoms with Crippen molar-refractivity contribution in [2.24, 2.45) is 15.9 Å². The van der Waals surface area contributed by atoms with Gasteiger partial charge in [0.05, 0.1) is 11.7 Å². The Hall–Kier alpha value is -1.75. The van der Waals surface area contributed by atoms with E-state index in [4.69, 9.17) is 0 Å². The Bertz CT molecular complexity index is 662. The number of hydrogen-bond donors (Lipinski definition) is 0. The van der Waals surface area contributed by atoms with Crippen LogP contribution in [-0.2, 0) is 4.79 Å². The van der Waals surface area contributed by atoms with Crippen LogP contribution in [0.25, 0.3) is 0 Å². The molecule has 0 bridgehead atoms. The molecule has 1 atom stereocenters. The van der Waals surface area contributed by atoms with Gasteiger partial charge in [-0.2, -0.15) is 4.99 Å². The lowest BCUT2D eigenvalue weighted by atomic mass is 9.86. The van der Waals surface area contributed by atoms with E-state index in [-0.39, 0.29) is 23.4 Å². The summed E-state index contributed by atoms with van der Waals surface area (Å²) in [7, 11) is 0. The molecule has 0 N–H and O–H groups in total. The molecule has 1 heterocycles. The van der Waals surface area contributed by atoms with Gasteiger partial charge in [0.2, 0.25) is 0 Å². The number of fused-ring (bicyclic) bond motifs is 1. The zero-order valence-electron chi connectivity index (χ0n) is 12.5. The molecular formula is C17H18N2O2S. The van der Waals surface area contributed by atoms with Crippen LogP contribution >= 0.6 is 11.8 Å². The van der Waals surface area contributed by atoms with E-state index < -0.39 is 0 Å². The van der Waals surface area contributed by atoms with Crippen LogP contribution in [0.2, 0.25) is 0 Å². The molecule has 22 heavy (non-hydrogen) atoms. The van der Waals surface area contributed by atoms with Crippen LogP contribution in [-0.4, -0.2) is 28.3 Å². The molecule has 0 spiro atoms. The second-order valence-corrected chi connectivity index (χ2v) is 6.65. The lowest BCUT2D eigenvalue weighted by Gasteiger charge is -2.24. The molecule has 1 saturated carbocycles. The third-order valence-corrected chi connectivity index (χ3v) is 4.87. The van der Waals surface area contributed by atoms with Crippen molar-refractivity contribution in [1.29, 1.82) is 0 Å². The molecule has 1 fully saturated rings. The summed E-state index contributed by atoms with van der Waals surface area (Å²) in [4.78, 5) is 32.7. The number of rotatable bonds is 3. The van der Waals surface area contributed by atoms with Gasteiger partial charge in [0.1, 0.15) is 0 Å². The molecule has 1 aromatic rings. The smallest absolute Gasteiger partial charge is 0.256 e. The number of benzene rings is 1. The Morgan fingerprint density at radius 1 is 1.23 bits per heavy atom. The number of carbonyl (C=O) groups is 2. The summed E-state index contributed by atoms with van der Waals surface area (Å²) < 4.78 is 0. The normalized spacial score (nSPS) is 21.0. The first kappa shape index (κ1) is 15.2. The summed E-state index contributed by atoms with van der Waals surface area (Å²) in [5, 5.41) is 0.443. The molecule has 1 unspecified atom stereocenters. The average Bonchev–Trinajstić information content (AvgIpc) is 2.53. The minimum absolute atomic E-state index is 0.0334. The Morgan fingerprint density at radius 3 is 2.77 bits per heavy atom. The largest absolute Gasteiger partial charge is 0.293 e. The maximum Gasteiger partial charge on any atom is 0.256 e. The molecular weight excluding hydrogens is 296 g/mol. The highest BCUT2D eigenvalue weighted by Crippen LogP contribution is 2.27. The molecule has 1 amide bonds. The number of amides is 1. The fourth-order valence-electron chi connectivity index (χ4n) is 2.73. The van der Waals surface area contributed by atoms with Gasteiger partial charge in [-0.05, 0) is 26.2 Å². The van der Waals surface area contributed by atoms with Crippen LogP contribution < -0.4 is 0 Å². The zero-order valence-corrected chi connectivity index (χ0v) is 13.4. The summed E-state index contributed by atoms with van der Waals surface area (Å²) in [6, 6.07) is 7.50. The van der Waals surface area contributed by atoms with Crippen molar-refractivity contribution in [3.05, 3.63) is 35.4 Å². The summed E-state index contributed by atoms with van der Waals surface area (Å²) in [6.45, 7) is 1.99. The van der Waals surface area contributed by atoms with E-state index in [0.29, 0.717) is 10.7 Å². The van der Waals surface area contributed by atoms with Crippen molar-refractivity contribution in [2.75, 3.05) is 5.75 Å². The van der Waals surface area contributed by atoms with Gasteiger partial charge in [-0.25, -0.2) is 4.99 Å². The number of aliphatic imine (C=N–C) groups is 2. The summed E-state index contributed by atoms with van der Waals surface area (Å²) in [6.07, 6.45) is 3.89. The third kappa shape index (κ3) is 3.35. The molecule has 4 nitrogen and oxygen atoms in total. The molecule has 0 saturated heterocycles. The number of nitrogens with zero attached hydrogens (tertiary/aromatic N) is 2. The molecule has 5 heteroatoms. The molecule has 3 rings (SSSR count). The van der Waals surface area contributed by atoms with Crippen LogP contribution in [0.3, 0.4) is 0 Å². The van der Waals surface area contributed by atoms with E-state index >= 15 is 0 Å². The van der Waals surface area contributed by atoms with Gasteiger partial charge in [0.25, 0.3) is 5.91 Å². The predicted molar refractivity (Wildman–Crippen MR) is 89.8 cm³/mol. The van der Waals surface area contributed by atoms with Crippen molar-refractivity contribution in [1.82, 2.24) is 0 Å². The quantitative estimate of drug-likeness (QED) is 0.803. The van der Waals surface area contributed by atoms with Crippen molar-refractivity contribution in [2.45, 2.75) is 32.6 Å². The van der Waals surface area contributed by atoms with E-state index in [1.807, 2.05) is 31.2 Å². The molecule has 0 aromatic heterocycles. The second-order valence-electron chi connectivity index (χ2n) is 5.71. The van der Waals surface area contributed by atoms with Gasteiger partial charge in [0, 0.05) is 11.3 Å². The van der Waals surface area contributed by atoms with Crippen molar-refractivity contribution < 1.29 is 9.59 Å². The van der Waals surface area contributed by atoms with E-state index in [2.05, 4.69) is 9.98 Å². The van der Waals surface area contributed by atoms with Crippen molar-refractivity contribution in [3.8, 4) is 0 Å². The topological polar surface area (TPSA) is 58.9 Å². The highest BCUT2D eigenvalue weighted by atomic mass is 32.2. The molecule has 1 aliphatic carbocycles. The Balaban J connectivity index is 1.64. The van der Waals surface area contributed by atoms with Gasteiger partial charge >= 0.3 is 0 Å². The molecule has 114 valence electrons. The van der Waals surface area contributed by atoms with E-state index in [1.165, 1.54) is 11.8 Å². The van der Waals surface area contributed by atoms with Crippen LogP contribution in [0.1, 0.15) is 41.6 Å². The number of hydrogen-bond acceptors (Lipinski definition) is 4. The highest BCUT2D eigenvalue weighted by molar-refractivity contribution is 8.14. The van der Waals surface area contributed by atoms with Crippen LogP contribution in [0, 0.1) is 12.8 Å². The van der Waals surface area contributed by atoms with Crippen LogP contribution in [0.5, 0.6) is 0 Å². The molecule has 1 aliphatic heterocycles. The van der Waals surface area contributed by atoms with Gasteiger partial charge in [-0.3, -0.25) is 9.59 Å². The minimum Gasteiger partial charge on any atom is -0.293 e. The first-order valence-electron chi connectivity index (χ1n) is 7.56. The standard InChI is InChI=1S/C17H18N2O2S/c1-11-6-8-12(9-7-11)15(20)10-22-17-18-14-5-3-2-4-13(14)16(21)19-17/h6-9,13H,2-5,10H2,1H3. The second kappa shape index (κ2) is 6.57. The first-order chi connectivity index (χ1) is 10.6. The van der Waals surface area contributed by atoms with Gasteiger partial charge in [-0.15, -0.1) is 0 Å². The molecule has 2 aliphatic rings. The lowest BCUT2D eigenvalue weighted by molar-refractivity contribution is -0.120. The Morgan fingerprint density at radius 2 is 2.00 bits per heavy atom. The Kier molecular flexibility index (Phi) is 4.52. The van der Waals surface area contributed by atoms with E-state index in [1.54, 1.807) is 0 Å². The van der Waals surface area contributed by atoms with Gasteiger partial charge in [-0.1, -0.05) is 48.0 Å². The minimum atomic E-state index is -0.106. The molecule has 0 radical (unpaired) electrons. The Labute approximate surface area is 134 Å². The summed E-state index contributed by atoms with van der Waals surface area (Å²) in [5.74, 6) is 0.100. The maximum atomic E-state index is 12.2. The van der Waals surface area contributed by atoms with Crippen LogP contribution in [0.4, 0.5) is 0 Å².